The lowest BCUT2D eigenvalue weighted by molar-refractivity contribution is -0.121. The number of hydrogen-bond acceptors (Lipinski definition) is 3. The molecule has 1 heterocycles. The first kappa shape index (κ1) is 19.9. The van der Waals surface area contributed by atoms with E-state index >= 15 is 0 Å². The van der Waals surface area contributed by atoms with E-state index < -0.39 is 9.84 Å². The molecule has 1 aliphatic rings. The summed E-state index contributed by atoms with van der Waals surface area (Å²) in [6, 6.07) is 6.35. The van der Waals surface area contributed by atoms with Gasteiger partial charge in [-0.25, -0.2) is 12.8 Å². The molecule has 4 nitrogen and oxygen atoms in total. The highest BCUT2D eigenvalue weighted by Crippen LogP contribution is 2.28. The number of hydrogen-bond donors (Lipinski definition) is 1. The molecule has 0 bridgehead atoms. The molecule has 0 aromatic heterocycles. The predicted molar refractivity (Wildman–Crippen MR) is 97.6 cm³/mol. The number of nitrogens with one attached hydrogen (secondary N) is 1. The number of amides is 1. The molecule has 2 unspecified atom stereocenters. The van der Waals surface area contributed by atoms with Crippen molar-refractivity contribution in [3.05, 3.63) is 35.6 Å². The molecular weight excluding hydrogens is 341 g/mol. The quantitative estimate of drug-likeness (QED) is 0.715. The van der Waals surface area contributed by atoms with Crippen LogP contribution in [0.1, 0.15) is 51.0 Å². The summed E-state index contributed by atoms with van der Waals surface area (Å²) in [7, 11) is -2.82. The minimum atomic E-state index is -2.82. The van der Waals surface area contributed by atoms with Gasteiger partial charge in [0.05, 0.1) is 11.5 Å². The van der Waals surface area contributed by atoms with Crippen LogP contribution in [0, 0.1) is 17.7 Å². The van der Waals surface area contributed by atoms with Gasteiger partial charge in [-0.15, -0.1) is 0 Å². The number of carbonyl (C=O) groups excluding carboxylic acids is 1. The van der Waals surface area contributed by atoms with Gasteiger partial charge in [-0.1, -0.05) is 26.0 Å². The van der Waals surface area contributed by atoms with Crippen LogP contribution < -0.4 is 5.32 Å². The smallest absolute Gasteiger partial charge is 0.220 e. The lowest BCUT2D eigenvalue weighted by atomic mass is 9.85. The second kappa shape index (κ2) is 8.79. The summed E-state index contributed by atoms with van der Waals surface area (Å²) in [6.07, 6.45) is 2.76. The molecule has 0 spiro atoms. The Morgan fingerprint density at radius 2 is 1.96 bits per heavy atom. The van der Waals surface area contributed by atoms with Crippen LogP contribution in [0.25, 0.3) is 0 Å². The van der Waals surface area contributed by atoms with Crippen molar-refractivity contribution >= 4 is 15.7 Å². The molecule has 0 saturated carbocycles. The first-order chi connectivity index (χ1) is 11.8. The summed E-state index contributed by atoms with van der Waals surface area (Å²) < 4.78 is 35.9. The van der Waals surface area contributed by atoms with Crippen molar-refractivity contribution in [1.82, 2.24) is 5.32 Å². The number of halogens is 1. The topological polar surface area (TPSA) is 63.2 Å². The fourth-order valence-electron chi connectivity index (χ4n) is 3.44. The van der Waals surface area contributed by atoms with Crippen LogP contribution in [0.5, 0.6) is 0 Å². The lowest BCUT2D eigenvalue weighted by Crippen LogP contribution is -2.27. The zero-order valence-corrected chi connectivity index (χ0v) is 15.8. The Hall–Kier alpha value is -1.43. The molecule has 1 fully saturated rings. The van der Waals surface area contributed by atoms with E-state index in [1.165, 1.54) is 12.1 Å². The van der Waals surface area contributed by atoms with E-state index in [2.05, 4.69) is 19.2 Å². The SMILES string of the molecule is CC(C)C(CC(=O)NCCCC1CCS(=O)(=O)C1)c1ccc(F)cc1. The molecule has 1 aromatic rings. The van der Waals surface area contributed by atoms with Gasteiger partial charge in [0.15, 0.2) is 9.84 Å². The van der Waals surface area contributed by atoms with E-state index in [0.717, 1.165) is 24.8 Å². The van der Waals surface area contributed by atoms with Crippen molar-refractivity contribution in [3.63, 3.8) is 0 Å². The molecule has 1 N–H and O–H groups in total. The molecule has 2 rings (SSSR count). The maximum absolute atomic E-state index is 13.1. The van der Waals surface area contributed by atoms with Crippen LogP contribution in [-0.2, 0) is 14.6 Å². The van der Waals surface area contributed by atoms with Crippen LogP contribution in [0.15, 0.2) is 24.3 Å². The summed E-state index contributed by atoms with van der Waals surface area (Å²) in [4.78, 5) is 12.2. The van der Waals surface area contributed by atoms with E-state index in [4.69, 9.17) is 0 Å². The highest BCUT2D eigenvalue weighted by Gasteiger charge is 2.27. The van der Waals surface area contributed by atoms with E-state index in [0.29, 0.717) is 24.5 Å². The minimum absolute atomic E-state index is 0.0120. The molecule has 1 aromatic carbocycles. The fraction of sp³-hybridized carbons (Fsp3) is 0.632. The van der Waals surface area contributed by atoms with Gasteiger partial charge >= 0.3 is 0 Å². The van der Waals surface area contributed by atoms with Gasteiger partial charge in [0.25, 0.3) is 0 Å². The predicted octanol–water partition coefficient (Wildman–Crippen LogP) is 3.29. The number of carbonyl (C=O) groups is 1. The normalized spacial score (nSPS) is 20.6. The van der Waals surface area contributed by atoms with Crippen LogP contribution in [0.2, 0.25) is 0 Å². The Morgan fingerprint density at radius 3 is 2.52 bits per heavy atom. The van der Waals surface area contributed by atoms with Gasteiger partial charge in [0.1, 0.15) is 5.82 Å². The summed E-state index contributed by atoms with van der Waals surface area (Å²) in [5.74, 6) is 0.885. The third kappa shape index (κ3) is 6.42. The standard InChI is InChI=1S/C19H28FNO3S/c1-14(2)18(16-5-7-17(20)8-6-16)12-19(22)21-10-3-4-15-9-11-25(23,24)13-15/h5-8,14-15,18H,3-4,9-13H2,1-2H3,(H,21,22). The minimum Gasteiger partial charge on any atom is -0.356 e. The third-order valence-electron chi connectivity index (χ3n) is 4.95. The average molecular weight is 370 g/mol. The summed E-state index contributed by atoms with van der Waals surface area (Å²) in [6.45, 7) is 4.69. The molecule has 1 saturated heterocycles. The Morgan fingerprint density at radius 1 is 1.28 bits per heavy atom. The van der Waals surface area contributed by atoms with Crippen LogP contribution >= 0.6 is 0 Å². The first-order valence-electron chi connectivity index (χ1n) is 8.99. The van der Waals surface area contributed by atoms with Gasteiger partial charge in [-0.2, -0.15) is 0 Å². The van der Waals surface area contributed by atoms with Gasteiger partial charge in [-0.3, -0.25) is 4.79 Å². The molecule has 6 heteroatoms. The molecule has 1 amide bonds. The van der Waals surface area contributed by atoms with Gasteiger partial charge < -0.3 is 5.32 Å². The summed E-state index contributed by atoms with van der Waals surface area (Å²) in [5.41, 5.74) is 0.975. The molecule has 140 valence electrons. The zero-order chi connectivity index (χ0) is 18.4. The van der Waals surface area contributed by atoms with Gasteiger partial charge in [0.2, 0.25) is 5.91 Å². The lowest BCUT2D eigenvalue weighted by Gasteiger charge is -2.21. The number of sulfone groups is 1. The Labute approximate surface area is 150 Å². The van der Waals surface area contributed by atoms with Crippen molar-refractivity contribution in [3.8, 4) is 0 Å². The Bertz CT molecular complexity index is 670. The van der Waals surface area contributed by atoms with E-state index in [9.17, 15) is 17.6 Å². The maximum Gasteiger partial charge on any atom is 0.220 e. The highest BCUT2D eigenvalue weighted by atomic mass is 32.2. The van der Waals surface area contributed by atoms with Crippen molar-refractivity contribution < 1.29 is 17.6 Å². The van der Waals surface area contributed by atoms with Crippen LogP contribution in [0.3, 0.4) is 0 Å². The zero-order valence-electron chi connectivity index (χ0n) is 15.0. The third-order valence-corrected chi connectivity index (χ3v) is 6.78. The summed E-state index contributed by atoms with van der Waals surface area (Å²) in [5, 5.41) is 2.93. The van der Waals surface area contributed by atoms with Crippen molar-refractivity contribution in [1.29, 1.82) is 0 Å². The van der Waals surface area contributed by atoms with Gasteiger partial charge in [-0.05, 0) is 54.7 Å². The second-order valence-electron chi connectivity index (χ2n) is 7.37. The first-order valence-corrected chi connectivity index (χ1v) is 10.8. The van der Waals surface area contributed by atoms with E-state index in [1.807, 2.05) is 0 Å². The number of rotatable bonds is 8. The van der Waals surface area contributed by atoms with Crippen molar-refractivity contribution in [2.45, 2.75) is 45.4 Å². The molecule has 25 heavy (non-hydrogen) atoms. The molecule has 0 aliphatic carbocycles. The van der Waals surface area contributed by atoms with Gasteiger partial charge in [0, 0.05) is 13.0 Å². The molecule has 1 aliphatic heterocycles. The van der Waals surface area contributed by atoms with Crippen molar-refractivity contribution in [2.75, 3.05) is 18.1 Å². The van der Waals surface area contributed by atoms with Crippen LogP contribution in [-0.4, -0.2) is 32.4 Å². The molecule has 2 atom stereocenters. The molecule has 0 radical (unpaired) electrons. The monoisotopic (exact) mass is 369 g/mol. The fourth-order valence-corrected chi connectivity index (χ4v) is 5.35. The van der Waals surface area contributed by atoms with E-state index in [1.54, 1.807) is 12.1 Å². The maximum atomic E-state index is 13.1. The van der Waals surface area contributed by atoms with E-state index in [-0.39, 0.29) is 29.5 Å². The second-order valence-corrected chi connectivity index (χ2v) is 9.60. The summed E-state index contributed by atoms with van der Waals surface area (Å²) >= 11 is 0. The van der Waals surface area contributed by atoms with Crippen LogP contribution in [0.4, 0.5) is 4.39 Å². The Balaban J connectivity index is 1.75. The largest absolute Gasteiger partial charge is 0.356 e. The highest BCUT2D eigenvalue weighted by molar-refractivity contribution is 7.91. The Kier molecular flexibility index (Phi) is 6.99. The number of benzene rings is 1. The van der Waals surface area contributed by atoms with Crippen molar-refractivity contribution in [2.24, 2.45) is 11.8 Å². The molecular formula is C19H28FNO3S. The average Bonchev–Trinajstić information content (AvgIpc) is 2.89.